The van der Waals surface area contributed by atoms with Crippen molar-refractivity contribution in [2.75, 3.05) is 10.8 Å². The first-order valence-corrected chi connectivity index (χ1v) is 17.3. The molecule has 10 heteroatoms. The molecular weight excluding hydrogens is 617 g/mol. The summed E-state index contributed by atoms with van der Waals surface area (Å²) in [7, 11) is -4.23. The van der Waals surface area contributed by atoms with Gasteiger partial charge in [0, 0.05) is 12.6 Å². The van der Waals surface area contributed by atoms with Crippen LogP contribution in [0.25, 0.3) is 0 Å². The van der Waals surface area contributed by atoms with Crippen molar-refractivity contribution >= 4 is 27.5 Å². The maximum absolute atomic E-state index is 14.3. The van der Waals surface area contributed by atoms with Crippen LogP contribution in [0.4, 0.5) is 10.1 Å². The number of hydrogen-bond donors (Lipinski definition) is 1. The van der Waals surface area contributed by atoms with Crippen LogP contribution < -0.4 is 14.4 Å². The Kier molecular flexibility index (Phi) is 10.9. The number of sulfonamides is 1. The molecular formula is C37H40FN3O5S. The molecule has 1 aliphatic rings. The molecule has 0 radical (unpaired) electrons. The van der Waals surface area contributed by atoms with Gasteiger partial charge in [0.05, 0.1) is 10.6 Å². The molecule has 1 aliphatic carbocycles. The number of ether oxygens (including phenoxy) is 1. The minimum absolute atomic E-state index is 0.00200. The summed E-state index contributed by atoms with van der Waals surface area (Å²) in [6.07, 6.45) is 4.12. The predicted molar refractivity (Wildman–Crippen MR) is 180 cm³/mol. The molecule has 5 rings (SSSR count). The van der Waals surface area contributed by atoms with Crippen LogP contribution in [0.5, 0.6) is 11.5 Å². The van der Waals surface area contributed by atoms with Gasteiger partial charge in [-0.15, -0.1) is 0 Å². The average molecular weight is 658 g/mol. The first-order chi connectivity index (χ1) is 22.6. The largest absolute Gasteiger partial charge is 0.457 e. The van der Waals surface area contributed by atoms with E-state index in [2.05, 4.69) is 5.32 Å². The van der Waals surface area contributed by atoms with Crippen LogP contribution in [-0.4, -0.2) is 43.8 Å². The van der Waals surface area contributed by atoms with Gasteiger partial charge in [-0.3, -0.25) is 13.9 Å². The van der Waals surface area contributed by atoms with E-state index in [0.29, 0.717) is 23.5 Å². The summed E-state index contributed by atoms with van der Waals surface area (Å²) in [6, 6.07) is 27.0. The molecule has 0 saturated heterocycles. The lowest BCUT2D eigenvalue weighted by Crippen LogP contribution is -2.53. The van der Waals surface area contributed by atoms with Crippen molar-refractivity contribution in [1.82, 2.24) is 10.2 Å². The number of carbonyl (C=O) groups is 2. The number of halogens is 1. The number of hydrogen-bond acceptors (Lipinski definition) is 5. The Balaban J connectivity index is 1.49. The van der Waals surface area contributed by atoms with E-state index in [-0.39, 0.29) is 29.1 Å². The van der Waals surface area contributed by atoms with Crippen LogP contribution >= 0.6 is 0 Å². The zero-order valence-corrected chi connectivity index (χ0v) is 27.5. The van der Waals surface area contributed by atoms with E-state index in [0.717, 1.165) is 35.6 Å². The smallest absolute Gasteiger partial charge is 0.264 e. The number of rotatable bonds is 13. The second-order valence-electron chi connectivity index (χ2n) is 11.8. The van der Waals surface area contributed by atoms with Gasteiger partial charge in [-0.2, -0.15) is 0 Å². The van der Waals surface area contributed by atoms with Crippen LogP contribution in [0, 0.1) is 12.7 Å². The van der Waals surface area contributed by atoms with Crippen molar-refractivity contribution in [2.24, 2.45) is 0 Å². The van der Waals surface area contributed by atoms with Crippen LogP contribution in [-0.2, 0) is 26.2 Å². The molecule has 0 bridgehead atoms. The van der Waals surface area contributed by atoms with E-state index in [9.17, 15) is 22.4 Å². The molecule has 1 fully saturated rings. The zero-order valence-electron chi connectivity index (χ0n) is 26.6. The van der Waals surface area contributed by atoms with E-state index < -0.39 is 34.3 Å². The molecule has 8 nitrogen and oxygen atoms in total. The van der Waals surface area contributed by atoms with Gasteiger partial charge >= 0.3 is 0 Å². The molecule has 47 heavy (non-hydrogen) atoms. The molecule has 246 valence electrons. The highest BCUT2D eigenvalue weighted by Crippen LogP contribution is 2.29. The number of nitrogens with zero attached hydrogens (tertiary/aromatic N) is 2. The Hall–Kier alpha value is -4.70. The minimum atomic E-state index is -4.23. The second kappa shape index (κ2) is 15.3. The number of anilines is 1. The van der Waals surface area contributed by atoms with Crippen molar-refractivity contribution in [3.8, 4) is 11.5 Å². The normalized spacial score (nSPS) is 13.9. The molecule has 2 amide bonds. The van der Waals surface area contributed by atoms with Gasteiger partial charge in [-0.05, 0) is 92.4 Å². The predicted octanol–water partition coefficient (Wildman–Crippen LogP) is 6.99. The third-order valence-electron chi connectivity index (χ3n) is 8.35. The number of carbonyl (C=O) groups excluding carboxylic acids is 2. The van der Waals surface area contributed by atoms with Gasteiger partial charge in [0.2, 0.25) is 11.8 Å². The van der Waals surface area contributed by atoms with Crippen molar-refractivity contribution in [3.05, 3.63) is 120 Å². The number of para-hydroxylation sites is 1. The molecule has 0 heterocycles. The van der Waals surface area contributed by atoms with Gasteiger partial charge in [0.1, 0.15) is 29.9 Å². The first kappa shape index (κ1) is 33.7. The summed E-state index contributed by atoms with van der Waals surface area (Å²) in [4.78, 5) is 29.4. The SMILES string of the molecule is CC[C@H](C(=O)NC1CCCC1)N(Cc1ccc(F)cc1)C(=O)CN(c1ccc(Oc2ccccc2)cc1)S(=O)(=O)c1ccc(C)cc1. The Bertz CT molecular complexity index is 1740. The number of nitrogens with one attached hydrogen (secondary N) is 1. The monoisotopic (exact) mass is 657 g/mol. The number of benzene rings is 4. The molecule has 0 unspecified atom stereocenters. The van der Waals surface area contributed by atoms with E-state index in [4.69, 9.17) is 4.74 Å². The van der Waals surface area contributed by atoms with Gasteiger partial charge < -0.3 is 15.0 Å². The highest BCUT2D eigenvalue weighted by atomic mass is 32.2. The lowest BCUT2D eigenvalue weighted by molar-refractivity contribution is -0.140. The highest BCUT2D eigenvalue weighted by molar-refractivity contribution is 7.92. The van der Waals surface area contributed by atoms with Gasteiger partial charge in [-0.1, -0.05) is 67.8 Å². The summed E-state index contributed by atoms with van der Waals surface area (Å²) in [6.45, 7) is 3.11. The Morgan fingerprint density at radius 2 is 1.49 bits per heavy atom. The van der Waals surface area contributed by atoms with E-state index in [1.165, 1.54) is 29.2 Å². The van der Waals surface area contributed by atoms with Crippen molar-refractivity contribution < 1.29 is 27.1 Å². The molecule has 0 aromatic heterocycles. The summed E-state index contributed by atoms with van der Waals surface area (Å²) in [5, 5.41) is 3.09. The van der Waals surface area contributed by atoms with Crippen molar-refractivity contribution in [1.29, 1.82) is 0 Å². The minimum Gasteiger partial charge on any atom is -0.457 e. The number of aryl methyl sites for hydroxylation is 1. The molecule has 1 saturated carbocycles. The maximum Gasteiger partial charge on any atom is 0.264 e. The van der Waals surface area contributed by atoms with E-state index >= 15 is 0 Å². The molecule has 1 atom stereocenters. The summed E-state index contributed by atoms with van der Waals surface area (Å²) in [5.41, 5.74) is 1.75. The highest BCUT2D eigenvalue weighted by Gasteiger charge is 2.34. The van der Waals surface area contributed by atoms with Gasteiger partial charge in [-0.25, -0.2) is 12.8 Å². The van der Waals surface area contributed by atoms with Gasteiger partial charge in [0.25, 0.3) is 10.0 Å². The van der Waals surface area contributed by atoms with Crippen LogP contribution in [0.15, 0.2) is 108 Å². The topological polar surface area (TPSA) is 96.0 Å². The molecule has 0 spiro atoms. The zero-order chi connectivity index (χ0) is 33.4. The van der Waals surface area contributed by atoms with Crippen LogP contribution in [0.1, 0.15) is 50.2 Å². The molecule has 1 N–H and O–H groups in total. The third kappa shape index (κ3) is 8.56. The van der Waals surface area contributed by atoms with Crippen molar-refractivity contribution in [3.63, 3.8) is 0 Å². The van der Waals surface area contributed by atoms with Crippen LogP contribution in [0.2, 0.25) is 0 Å². The summed E-state index contributed by atoms with van der Waals surface area (Å²) < 4.78 is 49.1. The Morgan fingerprint density at radius 1 is 0.872 bits per heavy atom. The molecule has 4 aromatic carbocycles. The summed E-state index contributed by atoms with van der Waals surface area (Å²) >= 11 is 0. The number of amides is 2. The fraction of sp³-hybridized carbons (Fsp3) is 0.297. The van der Waals surface area contributed by atoms with Crippen molar-refractivity contribution in [2.45, 2.75) is 69.5 Å². The standard InChI is InChI=1S/C37H40FN3O5S/c1-3-35(37(43)39-30-9-7-8-10-30)40(25-28-15-17-29(38)18-16-28)36(42)26-41(47(44,45)34-23-13-27(2)14-24-34)31-19-21-33(22-20-31)46-32-11-5-4-6-12-32/h4-6,11-24,30,35H,3,7-10,25-26H2,1-2H3,(H,39,43)/t35-/m1/s1. The third-order valence-corrected chi connectivity index (χ3v) is 10.1. The van der Waals surface area contributed by atoms with Gasteiger partial charge in [0.15, 0.2) is 0 Å². The second-order valence-corrected chi connectivity index (χ2v) is 13.7. The Morgan fingerprint density at radius 3 is 2.11 bits per heavy atom. The lowest BCUT2D eigenvalue weighted by atomic mass is 10.1. The van der Waals surface area contributed by atoms with Crippen LogP contribution in [0.3, 0.4) is 0 Å². The molecule has 0 aliphatic heterocycles. The van der Waals surface area contributed by atoms with E-state index in [1.807, 2.05) is 44.2 Å². The quantitative estimate of drug-likeness (QED) is 0.167. The maximum atomic E-state index is 14.3. The average Bonchev–Trinajstić information content (AvgIpc) is 3.58. The summed E-state index contributed by atoms with van der Waals surface area (Å²) in [5.74, 6) is -0.162. The first-order valence-electron chi connectivity index (χ1n) is 15.9. The Labute approximate surface area is 276 Å². The lowest BCUT2D eigenvalue weighted by Gasteiger charge is -2.33. The fourth-order valence-corrected chi connectivity index (χ4v) is 7.16. The molecule has 4 aromatic rings. The fourth-order valence-electron chi connectivity index (χ4n) is 5.74. The van der Waals surface area contributed by atoms with E-state index in [1.54, 1.807) is 48.5 Å².